The Morgan fingerprint density at radius 2 is 0.680 bits per heavy atom. The van der Waals surface area contributed by atoms with Gasteiger partial charge in [-0.05, 0) is 132 Å². The van der Waals surface area contributed by atoms with Gasteiger partial charge >= 0.3 is 17.9 Å². The molecule has 4 heterocycles. The second-order valence-corrected chi connectivity index (χ2v) is 29.1. The normalized spacial score (nSPS) is 13.9. The molecule has 0 saturated carbocycles. The third kappa shape index (κ3) is 26.4. The lowest BCUT2D eigenvalue weighted by Gasteiger charge is -2.29. The third-order valence-corrected chi connectivity index (χ3v) is 18.7. The molecule has 1 aliphatic rings. The van der Waals surface area contributed by atoms with Crippen molar-refractivity contribution in [2.75, 3.05) is 168 Å². The Morgan fingerprint density at radius 3 is 0.969 bits per heavy atom. The van der Waals surface area contributed by atoms with Crippen LogP contribution in [0.15, 0.2) is 109 Å². The second kappa shape index (κ2) is 37.5. The first-order chi connectivity index (χ1) is 46.3. The van der Waals surface area contributed by atoms with E-state index in [1.807, 2.05) is 105 Å². The van der Waals surface area contributed by atoms with Gasteiger partial charge < -0.3 is 41.9 Å². The fraction of sp³-hybridized carbons (Fsp3) is 0.520. The van der Waals surface area contributed by atoms with Crippen LogP contribution in [0.4, 0.5) is 0 Å². The predicted molar refractivity (Wildman–Crippen MR) is 380 cm³/mol. The van der Waals surface area contributed by atoms with E-state index in [2.05, 4.69) is 56.7 Å². The minimum absolute atomic E-state index is 0.174. The fourth-order valence-corrected chi connectivity index (χ4v) is 12.6. The molecule has 3 aromatic heterocycles. The number of benzene rings is 3. The van der Waals surface area contributed by atoms with Crippen molar-refractivity contribution in [2.24, 2.45) is 0 Å². The standard InChI is InChI=1S/C75H107N9O12S/c1-12-14-39-82(3,4)41-16-17-45-94-67-27-21-58(22-28-67)61-49-64(76-70(52-61)73(85)91-9)55-79-33-35-80(56-65-50-62(53-71(77-65)74(86)92-10)59-23-29-68(30-24-59)95-46-18-42-83(5,6)40-15-13-2)37-38-81(36-34-79)57-66-51-63(54-72(78-66)75(87)93-11)60-25-31-69(32-26-60)96-47-19-43-84(7,8)44-20-48-97(88,89)90/h21-32,49-54H,12-20,33-48,55-57H2,1-11H3/q+2/p+1. The maximum atomic E-state index is 13.4. The van der Waals surface area contributed by atoms with E-state index in [-0.39, 0.29) is 22.8 Å². The number of ether oxygens (including phenoxy) is 6. The van der Waals surface area contributed by atoms with Gasteiger partial charge in [0.2, 0.25) is 0 Å². The van der Waals surface area contributed by atoms with Crippen molar-refractivity contribution in [2.45, 2.75) is 91.3 Å². The maximum absolute atomic E-state index is 13.4. The number of esters is 3. The van der Waals surface area contributed by atoms with E-state index in [0.29, 0.717) is 119 Å². The highest BCUT2D eigenvalue weighted by molar-refractivity contribution is 7.85. The summed E-state index contributed by atoms with van der Waals surface area (Å²) in [7, 11) is 13.3. The average Bonchev–Trinajstić information content (AvgIpc) is 1.13. The van der Waals surface area contributed by atoms with Gasteiger partial charge in [-0.15, -0.1) is 0 Å². The number of carbonyl (C=O) groups is 3. The van der Waals surface area contributed by atoms with Gasteiger partial charge in [-0.2, -0.15) is 8.42 Å². The summed E-state index contributed by atoms with van der Waals surface area (Å²) >= 11 is 0. The number of carbonyl (C=O) groups excluding carboxylic acids is 3. The van der Waals surface area contributed by atoms with Gasteiger partial charge in [0.1, 0.15) is 34.3 Å². The van der Waals surface area contributed by atoms with Gasteiger partial charge in [-0.3, -0.25) is 19.3 Å². The molecule has 0 unspecified atom stereocenters. The van der Waals surface area contributed by atoms with Gasteiger partial charge in [-0.1, -0.05) is 63.1 Å². The summed E-state index contributed by atoms with van der Waals surface area (Å²) in [5.41, 5.74) is 7.71. The lowest BCUT2D eigenvalue weighted by Crippen LogP contribution is -2.42. The molecule has 0 atom stereocenters. The van der Waals surface area contributed by atoms with Crippen molar-refractivity contribution >= 4 is 28.0 Å². The minimum Gasteiger partial charge on any atom is -0.494 e. The summed E-state index contributed by atoms with van der Waals surface area (Å²) in [6.07, 6.45) is 8.88. The molecule has 21 nitrogen and oxygen atoms in total. The number of rotatable bonds is 38. The predicted octanol–water partition coefficient (Wildman–Crippen LogP) is 10.9. The van der Waals surface area contributed by atoms with Crippen LogP contribution in [0.5, 0.6) is 17.2 Å². The zero-order valence-electron chi connectivity index (χ0n) is 59.6. The lowest BCUT2D eigenvalue weighted by atomic mass is 10.0. The molecule has 97 heavy (non-hydrogen) atoms. The number of pyridine rings is 3. The molecule has 0 radical (unpaired) electrons. The summed E-state index contributed by atoms with van der Waals surface area (Å²) in [6, 6.07) is 35.0. The molecule has 0 amide bonds. The van der Waals surface area contributed by atoms with Crippen LogP contribution in [0.1, 0.15) is 120 Å². The number of quaternary nitrogens is 3. The lowest BCUT2D eigenvalue weighted by molar-refractivity contribution is -0.890. The molecule has 1 fully saturated rings. The molecule has 22 heteroatoms. The van der Waals surface area contributed by atoms with Crippen LogP contribution in [-0.2, 0) is 44.0 Å². The monoisotopic (exact) mass is 1360 g/mol. The second-order valence-electron chi connectivity index (χ2n) is 27.5. The van der Waals surface area contributed by atoms with Crippen molar-refractivity contribution < 1.29 is 69.2 Å². The molecular formula is C75H108N9O12S+3. The van der Waals surface area contributed by atoms with Gasteiger partial charge in [0.15, 0.2) is 0 Å². The summed E-state index contributed by atoms with van der Waals surface area (Å²) < 4.78 is 68.6. The Morgan fingerprint density at radius 1 is 0.402 bits per heavy atom. The Kier molecular flexibility index (Phi) is 29.8. The van der Waals surface area contributed by atoms with Crippen molar-refractivity contribution in [1.29, 1.82) is 0 Å². The SMILES string of the molecule is CCCC[N+](C)(C)CCCCOc1ccc(-c2cc(CN3CCN(Cc4cc(-c5ccc(OCCC[N+](C)(C)CCCC)cc5)cc(C(=O)OC)n4)CCN(Cc4cc(-c5ccc(OCCC[N+](C)(C)CCCS(=O)(=O)O)cc5)cc(C(=O)OC)n4)CC3)nc(C(=O)OC)c2)cc1. The summed E-state index contributed by atoms with van der Waals surface area (Å²) in [5, 5.41) is 0. The fourth-order valence-electron chi connectivity index (χ4n) is 12.1. The number of aromatic nitrogens is 3. The first-order valence-electron chi connectivity index (χ1n) is 34.4. The Bertz CT molecular complexity index is 3570. The average molecular weight is 1360 g/mol. The number of unbranched alkanes of at least 4 members (excludes halogenated alkanes) is 3. The van der Waals surface area contributed by atoms with Crippen LogP contribution < -0.4 is 14.2 Å². The van der Waals surface area contributed by atoms with Crippen molar-refractivity contribution in [3.05, 3.63) is 143 Å². The minimum atomic E-state index is -4.00. The molecule has 528 valence electrons. The Balaban J connectivity index is 1.13. The van der Waals surface area contributed by atoms with E-state index < -0.39 is 28.0 Å². The van der Waals surface area contributed by atoms with E-state index in [9.17, 15) is 27.4 Å². The number of nitrogens with zero attached hydrogens (tertiary/aromatic N) is 9. The zero-order chi connectivity index (χ0) is 70.0. The first kappa shape index (κ1) is 76.9. The molecule has 0 aliphatic carbocycles. The molecular weight excluding hydrogens is 1250 g/mol. The molecule has 6 aromatic rings. The van der Waals surface area contributed by atoms with Crippen molar-refractivity contribution in [3.63, 3.8) is 0 Å². The highest BCUT2D eigenvalue weighted by atomic mass is 32.2. The van der Waals surface area contributed by atoms with E-state index >= 15 is 0 Å². The van der Waals surface area contributed by atoms with E-state index in [0.717, 1.165) is 106 Å². The van der Waals surface area contributed by atoms with Gasteiger partial charge in [0, 0.05) is 78.2 Å². The zero-order valence-corrected chi connectivity index (χ0v) is 60.4. The molecule has 1 saturated heterocycles. The summed E-state index contributed by atoms with van der Waals surface area (Å²) in [5.74, 6) is 0.345. The van der Waals surface area contributed by atoms with E-state index in [1.165, 1.54) is 53.6 Å². The Labute approximate surface area is 577 Å². The molecule has 0 spiro atoms. The molecule has 0 bridgehead atoms. The van der Waals surface area contributed by atoms with Crippen LogP contribution >= 0.6 is 0 Å². The topological polar surface area (TPSA) is 209 Å². The van der Waals surface area contributed by atoms with Crippen molar-refractivity contribution in [3.8, 4) is 50.6 Å². The maximum Gasteiger partial charge on any atom is 0.356 e. The van der Waals surface area contributed by atoms with Gasteiger partial charge in [-0.25, -0.2) is 29.3 Å². The number of hydrogen-bond donors (Lipinski definition) is 1. The molecule has 1 aliphatic heterocycles. The number of hydrogen-bond acceptors (Lipinski definition) is 17. The van der Waals surface area contributed by atoms with Crippen LogP contribution in [0, 0.1) is 0 Å². The number of methoxy groups -OCH3 is 3. The summed E-state index contributed by atoms with van der Waals surface area (Å²) in [6.45, 7) is 16.8. The molecule has 3 aromatic carbocycles. The summed E-state index contributed by atoms with van der Waals surface area (Å²) in [4.78, 5) is 61.8. The van der Waals surface area contributed by atoms with Crippen LogP contribution in [0.2, 0.25) is 0 Å². The molecule has 7 rings (SSSR count). The van der Waals surface area contributed by atoms with E-state index in [1.54, 1.807) is 18.2 Å². The highest BCUT2D eigenvalue weighted by Crippen LogP contribution is 2.29. The van der Waals surface area contributed by atoms with Crippen LogP contribution in [-0.4, -0.2) is 242 Å². The van der Waals surface area contributed by atoms with Gasteiger partial charge in [0.25, 0.3) is 10.1 Å². The van der Waals surface area contributed by atoms with E-state index in [4.69, 9.17) is 43.4 Å². The third-order valence-electron chi connectivity index (χ3n) is 17.9. The van der Waals surface area contributed by atoms with Crippen molar-refractivity contribution in [1.82, 2.24) is 29.7 Å². The Hall–Kier alpha value is -7.41. The van der Waals surface area contributed by atoms with Gasteiger partial charge in [0.05, 0.1) is 146 Å². The van der Waals surface area contributed by atoms with Crippen LogP contribution in [0.3, 0.4) is 0 Å². The smallest absolute Gasteiger partial charge is 0.356 e. The first-order valence-corrected chi connectivity index (χ1v) is 36.0. The quantitative estimate of drug-likeness (QED) is 0.0126. The molecule has 1 N–H and O–H groups in total. The van der Waals surface area contributed by atoms with Crippen LogP contribution in [0.25, 0.3) is 33.4 Å². The highest BCUT2D eigenvalue weighted by Gasteiger charge is 2.24. The largest absolute Gasteiger partial charge is 0.494 e.